The Hall–Kier alpha value is -1.86. The van der Waals surface area contributed by atoms with Crippen LogP contribution in [0.5, 0.6) is 5.88 Å². The van der Waals surface area contributed by atoms with Gasteiger partial charge < -0.3 is 20.1 Å². The van der Waals surface area contributed by atoms with Gasteiger partial charge in [-0.3, -0.25) is 4.90 Å². The molecule has 1 saturated heterocycles. The Morgan fingerprint density at radius 1 is 1.18 bits per heavy atom. The lowest BCUT2D eigenvalue weighted by molar-refractivity contribution is 0.0982. The summed E-state index contributed by atoms with van der Waals surface area (Å²) in [7, 11) is 1.65. The number of pyridine rings is 1. The number of hydrogen-bond donors (Lipinski definition) is 2. The lowest BCUT2D eigenvalue weighted by atomic mass is 9.98. The highest BCUT2D eigenvalue weighted by atomic mass is 16.5. The number of piperidine rings is 1. The van der Waals surface area contributed by atoms with E-state index in [-0.39, 0.29) is 5.54 Å². The molecule has 2 rings (SSSR count). The fourth-order valence-electron chi connectivity index (χ4n) is 3.24. The SMILES string of the molecule is CCNC(=NCc1ccc(OCCOC)nc1)NCC(C)(C)N1CCCCC1. The molecule has 1 aliphatic rings. The molecule has 0 radical (unpaired) electrons. The summed E-state index contributed by atoms with van der Waals surface area (Å²) in [5, 5.41) is 6.85. The van der Waals surface area contributed by atoms with E-state index >= 15 is 0 Å². The standard InChI is InChI=1S/C21H37N5O2/c1-5-22-20(25-17-21(2,3)26-11-7-6-8-12-26)24-16-18-9-10-19(23-15-18)28-14-13-27-4/h9-10,15H,5-8,11-14,16-17H2,1-4H3,(H2,22,24,25). The van der Waals surface area contributed by atoms with Crippen LogP contribution in [0, 0.1) is 0 Å². The van der Waals surface area contributed by atoms with Crippen LogP contribution in [-0.4, -0.2) is 67.9 Å². The van der Waals surface area contributed by atoms with Gasteiger partial charge in [0.25, 0.3) is 0 Å². The second kappa shape index (κ2) is 11.9. The summed E-state index contributed by atoms with van der Waals surface area (Å²) < 4.78 is 10.5. The minimum Gasteiger partial charge on any atom is -0.475 e. The highest BCUT2D eigenvalue weighted by Gasteiger charge is 2.27. The monoisotopic (exact) mass is 391 g/mol. The average molecular weight is 392 g/mol. The van der Waals surface area contributed by atoms with Crippen LogP contribution in [-0.2, 0) is 11.3 Å². The van der Waals surface area contributed by atoms with Gasteiger partial charge in [-0.05, 0) is 52.3 Å². The van der Waals surface area contributed by atoms with Crippen molar-refractivity contribution in [3.8, 4) is 5.88 Å². The summed E-state index contributed by atoms with van der Waals surface area (Å²) in [5.74, 6) is 1.45. The first-order valence-corrected chi connectivity index (χ1v) is 10.4. The summed E-state index contributed by atoms with van der Waals surface area (Å²) in [6.45, 7) is 12.4. The van der Waals surface area contributed by atoms with Crippen LogP contribution in [0.1, 0.15) is 45.6 Å². The number of nitrogens with zero attached hydrogens (tertiary/aromatic N) is 3. The molecule has 0 amide bonds. The van der Waals surface area contributed by atoms with E-state index in [1.807, 2.05) is 18.3 Å². The fourth-order valence-corrected chi connectivity index (χ4v) is 3.24. The van der Waals surface area contributed by atoms with Gasteiger partial charge in [-0.15, -0.1) is 0 Å². The van der Waals surface area contributed by atoms with E-state index in [0.717, 1.165) is 24.6 Å². The average Bonchev–Trinajstić information content (AvgIpc) is 2.72. The molecule has 1 aliphatic heterocycles. The molecule has 0 bridgehead atoms. The summed E-state index contributed by atoms with van der Waals surface area (Å²) >= 11 is 0. The number of likely N-dealkylation sites (tertiary alicyclic amines) is 1. The third-order valence-corrected chi connectivity index (χ3v) is 5.00. The number of guanidine groups is 1. The zero-order chi connectivity index (χ0) is 20.2. The summed E-state index contributed by atoms with van der Waals surface area (Å²) in [5.41, 5.74) is 1.16. The van der Waals surface area contributed by atoms with E-state index in [0.29, 0.717) is 25.6 Å². The molecule has 1 aromatic heterocycles. The van der Waals surface area contributed by atoms with Crippen LogP contribution in [0.15, 0.2) is 23.3 Å². The molecule has 158 valence electrons. The predicted molar refractivity (Wildman–Crippen MR) is 114 cm³/mol. The van der Waals surface area contributed by atoms with Crippen molar-refractivity contribution in [2.24, 2.45) is 4.99 Å². The third kappa shape index (κ3) is 7.64. The summed E-state index contributed by atoms with van der Waals surface area (Å²) in [6, 6.07) is 3.88. The van der Waals surface area contributed by atoms with Crippen molar-refractivity contribution in [3.05, 3.63) is 23.9 Å². The molecular formula is C21H37N5O2. The van der Waals surface area contributed by atoms with Gasteiger partial charge in [-0.25, -0.2) is 9.98 Å². The molecule has 28 heavy (non-hydrogen) atoms. The van der Waals surface area contributed by atoms with Crippen molar-refractivity contribution in [1.29, 1.82) is 0 Å². The van der Waals surface area contributed by atoms with E-state index in [1.165, 1.54) is 32.4 Å². The van der Waals surface area contributed by atoms with Crippen LogP contribution in [0.25, 0.3) is 0 Å². The number of rotatable bonds is 10. The molecule has 0 unspecified atom stereocenters. The first-order chi connectivity index (χ1) is 13.5. The number of ether oxygens (including phenoxy) is 2. The van der Waals surface area contributed by atoms with E-state index in [9.17, 15) is 0 Å². The lowest BCUT2D eigenvalue weighted by Crippen LogP contribution is -2.54. The highest BCUT2D eigenvalue weighted by Crippen LogP contribution is 2.19. The second-order valence-electron chi connectivity index (χ2n) is 7.75. The van der Waals surface area contributed by atoms with Gasteiger partial charge in [0.05, 0.1) is 13.2 Å². The van der Waals surface area contributed by atoms with Gasteiger partial charge in [-0.1, -0.05) is 12.5 Å². The lowest BCUT2D eigenvalue weighted by Gasteiger charge is -2.41. The smallest absolute Gasteiger partial charge is 0.213 e. The van der Waals surface area contributed by atoms with Crippen molar-refractivity contribution in [2.45, 2.75) is 52.1 Å². The Morgan fingerprint density at radius 2 is 1.96 bits per heavy atom. The normalized spacial score (nSPS) is 16.1. The predicted octanol–water partition coefficient (Wildman–Crippen LogP) is 2.43. The number of methoxy groups -OCH3 is 1. The summed E-state index contributed by atoms with van der Waals surface area (Å²) in [6.07, 6.45) is 5.77. The van der Waals surface area contributed by atoms with Crippen molar-refractivity contribution in [1.82, 2.24) is 20.5 Å². The molecule has 1 aromatic rings. The van der Waals surface area contributed by atoms with Crippen LogP contribution in [0.3, 0.4) is 0 Å². The maximum absolute atomic E-state index is 5.50. The number of hydrogen-bond acceptors (Lipinski definition) is 5. The Morgan fingerprint density at radius 3 is 2.61 bits per heavy atom. The van der Waals surface area contributed by atoms with E-state index in [4.69, 9.17) is 14.5 Å². The van der Waals surface area contributed by atoms with Crippen molar-refractivity contribution in [3.63, 3.8) is 0 Å². The largest absolute Gasteiger partial charge is 0.475 e. The Balaban J connectivity index is 1.87. The molecular weight excluding hydrogens is 354 g/mol. The minimum absolute atomic E-state index is 0.110. The van der Waals surface area contributed by atoms with Crippen LogP contribution in [0.4, 0.5) is 0 Å². The van der Waals surface area contributed by atoms with Gasteiger partial charge in [0, 0.05) is 38.0 Å². The Labute approximate surface area is 169 Å². The zero-order valence-corrected chi connectivity index (χ0v) is 18.0. The molecule has 1 fully saturated rings. The van der Waals surface area contributed by atoms with Gasteiger partial charge in [0.15, 0.2) is 5.96 Å². The van der Waals surface area contributed by atoms with Crippen LogP contribution >= 0.6 is 0 Å². The third-order valence-electron chi connectivity index (χ3n) is 5.00. The first-order valence-electron chi connectivity index (χ1n) is 10.4. The highest BCUT2D eigenvalue weighted by molar-refractivity contribution is 5.79. The maximum atomic E-state index is 5.50. The number of aromatic nitrogens is 1. The molecule has 2 N–H and O–H groups in total. The molecule has 2 heterocycles. The van der Waals surface area contributed by atoms with E-state index < -0.39 is 0 Å². The van der Waals surface area contributed by atoms with E-state index in [2.05, 4.69) is 41.3 Å². The molecule has 7 heteroatoms. The molecule has 0 spiro atoms. The van der Waals surface area contributed by atoms with Crippen molar-refractivity contribution in [2.75, 3.05) is 46.5 Å². The van der Waals surface area contributed by atoms with Crippen LogP contribution in [0.2, 0.25) is 0 Å². The van der Waals surface area contributed by atoms with Gasteiger partial charge in [-0.2, -0.15) is 0 Å². The van der Waals surface area contributed by atoms with Gasteiger partial charge in [0.2, 0.25) is 5.88 Å². The maximum Gasteiger partial charge on any atom is 0.213 e. The van der Waals surface area contributed by atoms with Crippen LogP contribution < -0.4 is 15.4 Å². The Kier molecular flexibility index (Phi) is 9.50. The molecule has 0 aliphatic carbocycles. The number of nitrogens with one attached hydrogen (secondary N) is 2. The quantitative estimate of drug-likeness (QED) is 0.363. The Bertz CT molecular complexity index is 583. The molecule has 0 atom stereocenters. The van der Waals surface area contributed by atoms with E-state index in [1.54, 1.807) is 7.11 Å². The fraction of sp³-hybridized carbons (Fsp3) is 0.714. The topological polar surface area (TPSA) is 71.0 Å². The first kappa shape index (κ1) is 22.4. The van der Waals surface area contributed by atoms with Gasteiger partial charge >= 0.3 is 0 Å². The van der Waals surface area contributed by atoms with Gasteiger partial charge in [0.1, 0.15) is 6.61 Å². The second-order valence-corrected chi connectivity index (χ2v) is 7.75. The van der Waals surface area contributed by atoms with Crippen molar-refractivity contribution < 1.29 is 9.47 Å². The minimum atomic E-state index is 0.110. The van der Waals surface area contributed by atoms with Crippen molar-refractivity contribution >= 4 is 5.96 Å². The molecule has 7 nitrogen and oxygen atoms in total. The zero-order valence-electron chi connectivity index (χ0n) is 18.0. The molecule has 0 saturated carbocycles. The molecule has 0 aromatic carbocycles. The summed E-state index contributed by atoms with van der Waals surface area (Å²) in [4.78, 5) is 11.6. The number of aliphatic imine (C=N–C) groups is 1.